The van der Waals surface area contributed by atoms with Crippen LogP contribution in [0, 0.1) is 0 Å². The van der Waals surface area contributed by atoms with Gasteiger partial charge >= 0.3 is 0 Å². The normalized spacial score (nSPS) is 14.8. The Hall–Kier alpha value is -1.46. The van der Waals surface area contributed by atoms with Gasteiger partial charge < -0.3 is 15.7 Å². The standard InChI is InChI=1S/C13H18N2O2S/c1-9(15-13(17)11(8-18)14-2)12(16)10-6-4-3-5-7-10/h3-9,12,14,16,18H,1-2H3,(H,15,17)/b11-8-. The number of aliphatic hydroxyl groups excluding tert-OH is 1. The molecule has 1 rings (SSSR count). The van der Waals surface area contributed by atoms with Gasteiger partial charge in [-0.15, -0.1) is 12.6 Å². The maximum absolute atomic E-state index is 11.7. The third-order valence-electron chi connectivity index (χ3n) is 2.62. The molecule has 98 valence electrons. The van der Waals surface area contributed by atoms with Crippen molar-refractivity contribution in [3.8, 4) is 0 Å². The average molecular weight is 266 g/mol. The molecule has 2 atom stereocenters. The Balaban J connectivity index is 2.66. The summed E-state index contributed by atoms with van der Waals surface area (Å²) < 4.78 is 0. The summed E-state index contributed by atoms with van der Waals surface area (Å²) in [5, 5.41) is 16.9. The van der Waals surface area contributed by atoms with Gasteiger partial charge in [-0.1, -0.05) is 30.3 Å². The fourth-order valence-corrected chi connectivity index (χ4v) is 1.79. The van der Waals surface area contributed by atoms with Crippen LogP contribution in [-0.2, 0) is 4.79 Å². The van der Waals surface area contributed by atoms with Crippen LogP contribution in [0.2, 0.25) is 0 Å². The molecule has 18 heavy (non-hydrogen) atoms. The molecular formula is C13H18N2O2S. The highest BCUT2D eigenvalue weighted by atomic mass is 32.1. The highest BCUT2D eigenvalue weighted by Crippen LogP contribution is 2.16. The zero-order valence-corrected chi connectivity index (χ0v) is 11.3. The lowest BCUT2D eigenvalue weighted by Gasteiger charge is -2.21. The molecule has 5 heteroatoms. The maximum atomic E-state index is 11.7. The first-order chi connectivity index (χ1) is 8.60. The van der Waals surface area contributed by atoms with E-state index in [1.54, 1.807) is 14.0 Å². The highest BCUT2D eigenvalue weighted by molar-refractivity contribution is 7.83. The molecule has 0 fully saturated rings. The molecule has 0 aromatic heterocycles. The molecule has 1 aromatic carbocycles. The summed E-state index contributed by atoms with van der Waals surface area (Å²) in [7, 11) is 1.64. The summed E-state index contributed by atoms with van der Waals surface area (Å²) in [5.74, 6) is -0.296. The van der Waals surface area contributed by atoms with Gasteiger partial charge in [0.25, 0.3) is 5.91 Å². The van der Waals surface area contributed by atoms with Gasteiger partial charge in [0.2, 0.25) is 0 Å². The molecule has 0 aliphatic rings. The molecule has 1 aromatic rings. The molecule has 0 spiro atoms. The predicted molar refractivity (Wildman–Crippen MR) is 75.1 cm³/mol. The topological polar surface area (TPSA) is 61.4 Å². The Morgan fingerprint density at radius 3 is 2.50 bits per heavy atom. The summed E-state index contributed by atoms with van der Waals surface area (Å²) in [6.45, 7) is 1.75. The fourth-order valence-electron chi connectivity index (χ4n) is 1.54. The van der Waals surface area contributed by atoms with Crippen LogP contribution in [0.15, 0.2) is 41.4 Å². The lowest BCUT2D eigenvalue weighted by Crippen LogP contribution is -2.39. The van der Waals surface area contributed by atoms with E-state index in [1.807, 2.05) is 30.3 Å². The van der Waals surface area contributed by atoms with E-state index in [4.69, 9.17) is 0 Å². The fraction of sp³-hybridized carbons (Fsp3) is 0.308. The summed E-state index contributed by atoms with van der Waals surface area (Å²) in [6.07, 6.45) is -0.742. The van der Waals surface area contributed by atoms with Crippen molar-refractivity contribution in [2.24, 2.45) is 0 Å². The Labute approximate surface area is 113 Å². The third kappa shape index (κ3) is 3.78. The smallest absolute Gasteiger partial charge is 0.268 e. The molecule has 2 unspecified atom stereocenters. The molecule has 4 nitrogen and oxygen atoms in total. The van der Waals surface area contributed by atoms with Gasteiger partial charge in [-0.2, -0.15) is 0 Å². The van der Waals surface area contributed by atoms with E-state index >= 15 is 0 Å². The Bertz CT molecular complexity index is 420. The van der Waals surface area contributed by atoms with Gasteiger partial charge in [0.05, 0.1) is 12.1 Å². The van der Waals surface area contributed by atoms with Crippen molar-refractivity contribution in [2.45, 2.75) is 19.1 Å². The number of carbonyl (C=O) groups is 1. The van der Waals surface area contributed by atoms with Crippen molar-refractivity contribution < 1.29 is 9.90 Å². The van der Waals surface area contributed by atoms with Gasteiger partial charge in [0.15, 0.2) is 0 Å². The van der Waals surface area contributed by atoms with Crippen LogP contribution >= 0.6 is 12.6 Å². The molecule has 0 aliphatic heterocycles. The molecular weight excluding hydrogens is 248 g/mol. The number of hydrogen-bond acceptors (Lipinski definition) is 4. The van der Waals surface area contributed by atoms with E-state index in [0.29, 0.717) is 5.70 Å². The van der Waals surface area contributed by atoms with Gasteiger partial charge in [0, 0.05) is 7.05 Å². The number of benzene rings is 1. The monoisotopic (exact) mass is 266 g/mol. The van der Waals surface area contributed by atoms with Crippen molar-refractivity contribution in [1.82, 2.24) is 10.6 Å². The van der Waals surface area contributed by atoms with Gasteiger partial charge in [-0.3, -0.25) is 4.79 Å². The van der Waals surface area contributed by atoms with Crippen molar-refractivity contribution in [3.05, 3.63) is 47.0 Å². The van der Waals surface area contributed by atoms with Gasteiger partial charge in [-0.05, 0) is 17.9 Å². The van der Waals surface area contributed by atoms with Crippen molar-refractivity contribution in [1.29, 1.82) is 0 Å². The minimum Gasteiger partial charge on any atom is -0.386 e. The quantitative estimate of drug-likeness (QED) is 0.479. The van der Waals surface area contributed by atoms with Crippen molar-refractivity contribution in [2.75, 3.05) is 7.05 Å². The summed E-state index contributed by atoms with van der Waals surface area (Å²) in [5.41, 5.74) is 1.12. The van der Waals surface area contributed by atoms with Crippen LogP contribution < -0.4 is 10.6 Å². The number of thiol groups is 1. The van der Waals surface area contributed by atoms with Crippen molar-refractivity contribution in [3.63, 3.8) is 0 Å². The Morgan fingerprint density at radius 2 is 2.00 bits per heavy atom. The van der Waals surface area contributed by atoms with E-state index in [9.17, 15) is 9.90 Å². The number of likely N-dealkylation sites (N-methyl/N-ethyl adjacent to an activating group) is 1. The van der Waals surface area contributed by atoms with Crippen LogP contribution in [0.5, 0.6) is 0 Å². The van der Waals surface area contributed by atoms with Crippen LogP contribution in [0.1, 0.15) is 18.6 Å². The second-order valence-electron chi connectivity index (χ2n) is 3.91. The first-order valence-electron chi connectivity index (χ1n) is 5.66. The third-order valence-corrected chi connectivity index (χ3v) is 2.87. The van der Waals surface area contributed by atoms with Crippen LogP contribution in [0.4, 0.5) is 0 Å². The van der Waals surface area contributed by atoms with E-state index in [1.165, 1.54) is 5.41 Å². The lowest BCUT2D eigenvalue weighted by molar-refractivity contribution is -0.119. The SMILES string of the molecule is CN/C(=C\S)C(=O)NC(C)C(O)c1ccccc1. The van der Waals surface area contributed by atoms with Crippen LogP contribution in [0.25, 0.3) is 0 Å². The van der Waals surface area contributed by atoms with E-state index in [0.717, 1.165) is 5.56 Å². The maximum Gasteiger partial charge on any atom is 0.268 e. The van der Waals surface area contributed by atoms with Crippen LogP contribution in [0.3, 0.4) is 0 Å². The molecule has 0 aliphatic carbocycles. The molecule has 0 radical (unpaired) electrons. The summed E-state index contributed by atoms with van der Waals surface area (Å²) >= 11 is 3.93. The first kappa shape index (κ1) is 14.6. The van der Waals surface area contributed by atoms with E-state index in [2.05, 4.69) is 23.3 Å². The largest absolute Gasteiger partial charge is 0.386 e. The zero-order valence-electron chi connectivity index (χ0n) is 10.4. The number of rotatable bonds is 5. The molecule has 1 amide bonds. The second-order valence-corrected chi connectivity index (χ2v) is 4.17. The minimum absolute atomic E-state index is 0.296. The number of hydrogen-bond donors (Lipinski definition) is 4. The molecule has 0 bridgehead atoms. The second kappa shape index (κ2) is 7.08. The molecule has 3 N–H and O–H groups in total. The lowest BCUT2D eigenvalue weighted by atomic mass is 10.0. The summed E-state index contributed by atoms with van der Waals surface area (Å²) in [4.78, 5) is 11.7. The minimum atomic E-state index is -0.742. The molecule has 0 saturated heterocycles. The first-order valence-corrected chi connectivity index (χ1v) is 6.17. The Kier molecular flexibility index (Phi) is 5.74. The van der Waals surface area contributed by atoms with Gasteiger partial charge in [0.1, 0.15) is 5.70 Å². The van der Waals surface area contributed by atoms with E-state index < -0.39 is 12.1 Å². The highest BCUT2D eigenvalue weighted by Gasteiger charge is 2.19. The number of nitrogens with one attached hydrogen (secondary N) is 2. The van der Waals surface area contributed by atoms with Crippen LogP contribution in [-0.4, -0.2) is 24.1 Å². The summed E-state index contributed by atoms with van der Waals surface area (Å²) in [6, 6.07) is 8.82. The number of carbonyl (C=O) groups excluding carboxylic acids is 1. The number of amides is 1. The van der Waals surface area contributed by atoms with Gasteiger partial charge in [-0.25, -0.2) is 0 Å². The van der Waals surface area contributed by atoms with Crippen molar-refractivity contribution >= 4 is 18.5 Å². The number of aliphatic hydroxyl groups is 1. The van der Waals surface area contributed by atoms with E-state index in [-0.39, 0.29) is 5.91 Å². The predicted octanol–water partition coefficient (Wildman–Crippen LogP) is 1.22. The molecule has 0 saturated carbocycles. The average Bonchev–Trinajstić information content (AvgIpc) is 2.40. The zero-order chi connectivity index (χ0) is 13.5. The Morgan fingerprint density at radius 1 is 1.39 bits per heavy atom. The molecule has 0 heterocycles.